The van der Waals surface area contributed by atoms with E-state index in [-0.39, 0.29) is 6.10 Å². The second-order valence-electron chi connectivity index (χ2n) is 3.64. The van der Waals surface area contributed by atoms with Crippen LogP contribution in [0.1, 0.15) is 18.6 Å². The van der Waals surface area contributed by atoms with Gasteiger partial charge in [-0.1, -0.05) is 6.92 Å². The predicted molar refractivity (Wildman–Crippen MR) is 49.4 cm³/mol. The number of nitrogens with one attached hydrogen (secondary N) is 1. The summed E-state index contributed by atoms with van der Waals surface area (Å²) in [5.41, 5.74) is 1.13. The van der Waals surface area contributed by atoms with Crippen LogP contribution < -0.4 is 5.32 Å². The molecule has 0 radical (unpaired) electrons. The van der Waals surface area contributed by atoms with Crippen molar-refractivity contribution in [3.8, 4) is 0 Å². The Kier molecular flexibility index (Phi) is 2.66. The third-order valence-corrected chi connectivity index (χ3v) is 2.32. The fourth-order valence-electron chi connectivity index (χ4n) is 1.53. The summed E-state index contributed by atoms with van der Waals surface area (Å²) in [7, 11) is 0. The molecule has 2 unspecified atom stereocenters. The van der Waals surface area contributed by atoms with E-state index in [1.807, 2.05) is 6.07 Å². The van der Waals surface area contributed by atoms with E-state index in [0.717, 1.165) is 25.3 Å². The Morgan fingerprint density at radius 1 is 1.46 bits per heavy atom. The van der Waals surface area contributed by atoms with Crippen LogP contribution in [-0.4, -0.2) is 19.7 Å². The molecule has 1 fully saturated rings. The van der Waals surface area contributed by atoms with E-state index in [4.69, 9.17) is 9.15 Å². The molecule has 1 aromatic rings. The summed E-state index contributed by atoms with van der Waals surface area (Å²) in [5, 5.41) is 3.37. The zero-order valence-corrected chi connectivity index (χ0v) is 7.82. The fraction of sp³-hybridized carbons (Fsp3) is 0.600. The van der Waals surface area contributed by atoms with E-state index >= 15 is 0 Å². The first-order valence-electron chi connectivity index (χ1n) is 4.70. The van der Waals surface area contributed by atoms with Crippen LogP contribution in [-0.2, 0) is 4.74 Å². The van der Waals surface area contributed by atoms with Gasteiger partial charge in [0.15, 0.2) is 0 Å². The molecule has 0 spiro atoms. The van der Waals surface area contributed by atoms with E-state index in [2.05, 4.69) is 12.2 Å². The maximum Gasteiger partial charge on any atom is 0.0980 e. The van der Waals surface area contributed by atoms with Crippen LogP contribution in [0.4, 0.5) is 0 Å². The van der Waals surface area contributed by atoms with Crippen molar-refractivity contribution in [1.82, 2.24) is 5.32 Å². The topological polar surface area (TPSA) is 34.4 Å². The fourth-order valence-corrected chi connectivity index (χ4v) is 1.53. The second kappa shape index (κ2) is 3.94. The van der Waals surface area contributed by atoms with Crippen LogP contribution in [0.3, 0.4) is 0 Å². The molecule has 3 heteroatoms. The summed E-state index contributed by atoms with van der Waals surface area (Å²) >= 11 is 0. The maximum atomic E-state index is 5.74. The summed E-state index contributed by atoms with van der Waals surface area (Å²) in [6.45, 7) is 4.92. The minimum atomic E-state index is 0.156. The van der Waals surface area contributed by atoms with Crippen LogP contribution in [0.5, 0.6) is 0 Å². The molecule has 1 aliphatic heterocycles. The van der Waals surface area contributed by atoms with Gasteiger partial charge in [0, 0.05) is 18.7 Å². The van der Waals surface area contributed by atoms with Gasteiger partial charge in [-0.25, -0.2) is 0 Å². The highest BCUT2D eigenvalue weighted by Gasteiger charge is 2.18. The third kappa shape index (κ3) is 2.11. The molecule has 2 rings (SSSR count). The smallest absolute Gasteiger partial charge is 0.0980 e. The lowest BCUT2D eigenvalue weighted by molar-refractivity contribution is 0.0511. The monoisotopic (exact) mass is 181 g/mol. The van der Waals surface area contributed by atoms with Gasteiger partial charge in [0.2, 0.25) is 0 Å². The molecule has 72 valence electrons. The standard InChI is InChI=1S/C10H15NO2/c1-8-4-11-5-10(13-6-8)9-2-3-12-7-9/h2-3,7-8,10-11H,4-6H2,1H3. The van der Waals surface area contributed by atoms with Gasteiger partial charge in [-0.2, -0.15) is 0 Å². The number of furan rings is 1. The van der Waals surface area contributed by atoms with E-state index in [1.165, 1.54) is 0 Å². The van der Waals surface area contributed by atoms with Gasteiger partial charge >= 0.3 is 0 Å². The molecule has 1 aromatic heterocycles. The Morgan fingerprint density at radius 2 is 2.38 bits per heavy atom. The molecule has 1 aliphatic rings. The van der Waals surface area contributed by atoms with Crippen LogP contribution in [0, 0.1) is 5.92 Å². The van der Waals surface area contributed by atoms with Crippen molar-refractivity contribution in [2.75, 3.05) is 19.7 Å². The molecule has 1 N–H and O–H groups in total. The summed E-state index contributed by atoms with van der Waals surface area (Å²) in [6, 6.07) is 1.96. The number of hydrogen-bond acceptors (Lipinski definition) is 3. The van der Waals surface area contributed by atoms with Crippen molar-refractivity contribution in [3.05, 3.63) is 24.2 Å². The highest BCUT2D eigenvalue weighted by molar-refractivity contribution is 5.10. The Bertz CT molecular complexity index is 245. The van der Waals surface area contributed by atoms with E-state index < -0.39 is 0 Å². The lowest BCUT2D eigenvalue weighted by Gasteiger charge is -2.12. The van der Waals surface area contributed by atoms with E-state index in [9.17, 15) is 0 Å². The molecule has 0 bridgehead atoms. The van der Waals surface area contributed by atoms with Gasteiger partial charge < -0.3 is 14.5 Å². The number of ether oxygens (including phenoxy) is 1. The largest absolute Gasteiger partial charge is 0.472 e. The van der Waals surface area contributed by atoms with E-state index in [0.29, 0.717) is 5.92 Å². The summed E-state index contributed by atoms with van der Waals surface area (Å²) in [4.78, 5) is 0. The predicted octanol–water partition coefficient (Wildman–Crippen LogP) is 1.58. The molecule has 2 atom stereocenters. The molecule has 1 saturated heterocycles. The van der Waals surface area contributed by atoms with Crippen molar-refractivity contribution < 1.29 is 9.15 Å². The van der Waals surface area contributed by atoms with Crippen LogP contribution in [0.2, 0.25) is 0 Å². The highest BCUT2D eigenvalue weighted by Crippen LogP contribution is 2.19. The Labute approximate surface area is 78.1 Å². The zero-order valence-electron chi connectivity index (χ0n) is 7.82. The maximum absolute atomic E-state index is 5.74. The molecule has 0 aliphatic carbocycles. The lowest BCUT2D eigenvalue weighted by atomic mass is 10.2. The Balaban J connectivity index is 2.00. The summed E-state index contributed by atoms with van der Waals surface area (Å²) < 4.78 is 10.8. The van der Waals surface area contributed by atoms with Crippen LogP contribution in [0.15, 0.2) is 23.0 Å². The van der Waals surface area contributed by atoms with Gasteiger partial charge in [-0.3, -0.25) is 0 Å². The van der Waals surface area contributed by atoms with Crippen molar-refractivity contribution >= 4 is 0 Å². The quantitative estimate of drug-likeness (QED) is 0.714. The SMILES string of the molecule is CC1CNCC(c2ccoc2)OC1. The van der Waals surface area contributed by atoms with Gasteiger partial charge in [0.25, 0.3) is 0 Å². The van der Waals surface area contributed by atoms with Gasteiger partial charge in [0.05, 0.1) is 25.2 Å². The summed E-state index contributed by atoms with van der Waals surface area (Å²) in [6.07, 6.45) is 3.60. The average molecular weight is 181 g/mol. The minimum Gasteiger partial charge on any atom is -0.472 e. The van der Waals surface area contributed by atoms with Gasteiger partial charge in [-0.05, 0) is 12.0 Å². The molecule has 13 heavy (non-hydrogen) atoms. The molecule has 0 saturated carbocycles. The first-order chi connectivity index (χ1) is 6.36. The minimum absolute atomic E-state index is 0.156. The summed E-state index contributed by atoms with van der Waals surface area (Å²) in [5.74, 6) is 0.594. The normalized spacial score (nSPS) is 29.9. The number of hydrogen-bond donors (Lipinski definition) is 1. The van der Waals surface area contributed by atoms with Gasteiger partial charge in [0.1, 0.15) is 0 Å². The average Bonchev–Trinajstić information content (AvgIpc) is 2.56. The van der Waals surface area contributed by atoms with Crippen molar-refractivity contribution in [1.29, 1.82) is 0 Å². The third-order valence-electron chi connectivity index (χ3n) is 2.32. The Hall–Kier alpha value is -0.800. The van der Waals surface area contributed by atoms with Crippen molar-refractivity contribution in [2.45, 2.75) is 13.0 Å². The van der Waals surface area contributed by atoms with Crippen LogP contribution in [0.25, 0.3) is 0 Å². The Morgan fingerprint density at radius 3 is 3.15 bits per heavy atom. The second-order valence-corrected chi connectivity index (χ2v) is 3.64. The van der Waals surface area contributed by atoms with E-state index in [1.54, 1.807) is 12.5 Å². The molecule has 2 heterocycles. The first-order valence-corrected chi connectivity index (χ1v) is 4.70. The highest BCUT2D eigenvalue weighted by atomic mass is 16.5. The zero-order chi connectivity index (χ0) is 9.10. The molecule has 0 amide bonds. The van der Waals surface area contributed by atoms with Crippen LogP contribution >= 0.6 is 0 Å². The molecular weight excluding hydrogens is 166 g/mol. The molecular formula is C10H15NO2. The number of rotatable bonds is 1. The lowest BCUT2D eigenvalue weighted by Crippen LogP contribution is -2.22. The van der Waals surface area contributed by atoms with Crippen molar-refractivity contribution in [2.24, 2.45) is 5.92 Å². The van der Waals surface area contributed by atoms with Crippen molar-refractivity contribution in [3.63, 3.8) is 0 Å². The first kappa shape index (κ1) is 8.78. The molecule has 3 nitrogen and oxygen atoms in total. The molecule has 0 aromatic carbocycles. The van der Waals surface area contributed by atoms with Gasteiger partial charge in [-0.15, -0.1) is 0 Å².